The fourth-order valence-electron chi connectivity index (χ4n) is 6.31. The summed E-state index contributed by atoms with van der Waals surface area (Å²) in [5, 5.41) is 7.58. The molecule has 6 rings (SSSR count). The Bertz CT molecular complexity index is 1230. The van der Waals surface area contributed by atoms with E-state index in [2.05, 4.69) is 33.9 Å². The lowest BCUT2D eigenvalue weighted by Gasteiger charge is -2.32. The molecule has 0 unspecified atom stereocenters. The Morgan fingerprint density at radius 1 is 1.03 bits per heavy atom. The van der Waals surface area contributed by atoms with Crippen molar-refractivity contribution < 1.29 is 4.52 Å². The van der Waals surface area contributed by atoms with Crippen molar-refractivity contribution in [3.05, 3.63) is 16.4 Å². The minimum Gasteiger partial charge on any atom is -0.365 e. The first kappa shape index (κ1) is 22.7. The number of imidazole rings is 1. The molecule has 3 aromatic rings. The summed E-state index contributed by atoms with van der Waals surface area (Å²) in [4.78, 5) is 29.1. The van der Waals surface area contributed by atoms with Crippen LogP contribution in [0.4, 0.5) is 5.82 Å². The predicted molar refractivity (Wildman–Crippen MR) is 134 cm³/mol. The van der Waals surface area contributed by atoms with Crippen molar-refractivity contribution in [3.8, 4) is 11.6 Å². The highest BCUT2D eigenvalue weighted by molar-refractivity contribution is 5.85. The van der Waals surface area contributed by atoms with Crippen LogP contribution in [0.15, 0.2) is 9.32 Å². The molecule has 3 fully saturated rings. The smallest absolute Gasteiger partial charge is 0.365 e. The Morgan fingerprint density at radius 2 is 1.80 bits per heavy atom. The molecule has 0 amide bonds. The van der Waals surface area contributed by atoms with Crippen LogP contribution in [0, 0.1) is 17.8 Å². The van der Waals surface area contributed by atoms with Crippen molar-refractivity contribution in [3.63, 3.8) is 0 Å². The highest BCUT2D eigenvalue weighted by Gasteiger charge is 2.31. The summed E-state index contributed by atoms with van der Waals surface area (Å²) in [6, 6.07) is 0.305. The van der Waals surface area contributed by atoms with Crippen LogP contribution in [0.1, 0.15) is 96.2 Å². The second-order valence-electron chi connectivity index (χ2n) is 11.3. The van der Waals surface area contributed by atoms with E-state index in [-0.39, 0.29) is 5.82 Å². The normalized spacial score (nSPS) is 24.6. The summed E-state index contributed by atoms with van der Waals surface area (Å²) in [5.74, 6) is 4.56. The van der Waals surface area contributed by atoms with Gasteiger partial charge in [-0.1, -0.05) is 44.2 Å². The maximum atomic E-state index is 11.6. The van der Waals surface area contributed by atoms with Gasteiger partial charge in [-0.05, 0) is 63.2 Å². The Balaban J connectivity index is 1.46. The van der Waals surface area contributed by atoms with Crippen molar-refractivity contribution in [2.45, 2.75) is 103 Å². The monoisotopic (exact) mass is 479 g/mol. The topological polar surface area (TPSA) is 115 Å². The van der Waals surface area contributed by atoms with Gasteiger partial charge in [-0.2, -0.15) is 0 Å². The summed E-state index contributed by atoms with van der Waals surface area (Å²) in [6.07, 6.45) is 13.8. The third-order valence-electron chi connectivity index (χ3n) is 8.80. The quantitative estimate of drug-likeness (QED) is 0.475. The second kappa shape index (κ2) is 9.39. The Morgan fingerprint density at radius 3 is 2.46 bits per heavy atom. The molecule has 3 aromatic heterocycles. The van der Waals surface area contributed by atoms with E-state index in [1.54, 1.807) is 0 Å². The van der Waals surface area contributed by atoms with Crippen LogP contribution in [0.5, 0.6) is 0 Å². The molecule has 9 nitrogen and oxygen atoms in total. The van der Waals surface area contributed by atoms with E-state index in [1.807, 2.05) is 0 Å². The lowest BCUT2D eigenvalue weighted by Crippen LogP contribution is -2.31. The molecular formula is C26H37N7O2. The molecule has 3 aliphatic rings. The zero-order chi connectivity index (χ0) is 23.9. The van der Waals surface area contributed by atoms with E-state index < -0.39 is 5.76 Å². The maximum Gasteiger partial charge on any atom is 0.439 e. The van der Waals surface area contributed by atoms with Crippen molar-refractivity contribution in [2.24, 2.45) is 17.8 Å². The molecule has 0 aromatic carbocycles. The third kappa shape index (κ3) is 4.49. The summed E-state index contributed by atoms with van der Waals surface area (Å²) < 4.78 is 7.20. The van der Waals surface area contributed by atoms with Crippen LogP contribution in [-0.2, 0) is 6.54 Å². The van der Waals surface area contributed by atoms with Crippen LogP contribution in [0.3, 0.4) is 0 Å². The summed E-state index contributed by atoms with van der Waals surface area (Å²) >= 11 is 0. The number of hydrogen-bond acceptors (Lipinski definition) is 7. The van der Waals surface area contributed by atoms with Crippen LogP contribution in [-0.4, -0.2) is 35.7 Å². The molecular weight excluding hydrogens is 442 g/mol. The first-order valence-electron chi connectivity index (χ1n) is 13.7. The molecule has 0 spiro atoms. The van der Waals surface area contributed by atoms with Crippen LogP contribution in [0.25, 0.3) is 22.8 Å². The molecule has 0 aliphatic heterocycles. The molecule has 2 N–H and O–H groups in total. The standard InChI is InChI=1S/C26H37N7O2/c1-15-10-12-17(13-11-15)14-33-20-21(27-16(2)18-8-5-9-18)28-23(24-31-26(34)35-32-24)29-22(20)30-25(33)19-6-3-4-7-19/h15-19H,3-14H2,1-2H3,(H,27,28,29)(H,31,32,34)/t15?,16-,17?/m1/s1. The van der Waals surface area contributed by atoms with Gasteiger partial charge in [0.1, 0.15) is 11.3 Å². The largest absolute Gasteiger partial charge is 0.439 e. The molecule has 0 bridgehead atoms. The third-order valence-corrected chi connectivity index (χ3v) is 8.80. The van der Waals surface area contributed by atoms with Crippen molar-refractivity contribution >= 4 is 17.0 Å². The minimum absolute atomic E-state index is 0.245. The van der Waals surface area contributed by atoms with Gasteiger partial charge >= 0.3 is 5.76 Å². The number of H-pyrrole nitrogens is 1. The Labute approximate surface area is 205 Å². The van der Waals surface area contributed by atoms with E-state index in [0.29, 0.717) is 35.3 Å². The van der Waals surface area contributed by atoms with E-state index in [4.69, 9.17) is 19.5 Å². The minimum atomic E-state index is -0.607. The molecule has 3 aliphatic carbocycles. The van der Waals surface area contributed by atoms with Gasteiger partial charge in [-0.25, -0.2) is 19.7 Å². The number of anilines is 1. The number of aromatic nitrogens is 6. The van der Waals surface area contributed by atoms with Gasteiger partial charge in [0.2, 0.25) is 11.6 Å². The zero-order valence-electron chi connectivity index (χ0n) is 20.9. The van der Waals surface area contributed by atoms with Crippen LogP contribution >= 0.6 is 0 Å². The van der Waals surface area contributed by atoms with Gasteiger partial charge in [0.05, 0.1) is 0 Å². The summed E-state index contributed by atoms with van der Waals surface area (Å²) in [6.45, 7) is 5.60. The summed E-state index contributed by atoms with van der Waals surface area (Å²) in [7, 11) is 0. The SMILES string of the molecule is CC1CCC(Cn2c(C3CCCC3)nc3nc(-c4noc(=O)[nH]4)nc(N[C@H](C)C4CCC4)c32)CC1. The number of nitrogens with zero attached hydrogens (tertiary/aromatic N) is 5. The molecule has 188 valence electrons. The van der Waals surface area contributed by atoms with Gasteiger partial charge in [0.15, 0.2) is 11.5 Å². The lowest BCUT2D eigenvalue weighted by atomic mass is 9.80. The number of rotatable bonds is 7. The molecule has 35 heavy (non-hydrogen) atoms. The molecule has 0 saturated heterocycles. The molecule has 1 atom stereocenters. The second-order valence-corrected chi connectivity index (χ2v) is 11.3. The van der Waals surface area contributed by atoms with Crippen LogP contribution in [0.2, 0.25) is 0 Å². The number of nitrogens with one attached hydrogen (secondary N) is 2. The highest BCUT2D eigenvalue weighted by Crippen LogP contribution is 2.39. The van der Waals surface area contributed by atoms with Crippen LogP contribution < -0.4 is 11.1 Å². The Kier molecular flexibility index (Phi) is 6.10. The fourth-order valence-corrected chi connectivity index (χ4v) is 6.31. The number of hydrogen-bond donors (Lipinski definition) is 2. The average molecular weight is 480 g/mol. The number of fused-ring (bicyclic) bond motifs is 1. The van der Waals surface area contributed by atoms with Crippen molar-refractivity contribution in [2.75, 3.05) is 5.32 Å². The van der Waals surface area contributed by atoms with E-state index in [1.165, 1.54) is 70.6 Å². The predicted octanol–water partition coefficient (Wildman–Crippen LogP) is 5.25. The van der Waals surface area contributed by atoms with E-state index in [0.717, 1.165) is 29.6 Å². The highest BCUT2D eigenvalue weighted by atomic mass is 16.5. The summed E-state index contributed by atoms with van der Waals surface area (Å²) in [5.41, 5.74) is 1.69. The van der Waals surface area contributed by atoms with Gasteiger partial charge in [0.25, 0.3) is 0 Å². The maximum absolute atomic E-state index is 11.6. The van der Waals surface area contributed by atoms with E-state index >= 15 is 0 Å². The van der Waals surface area contributed by atoms with Gasteiger partial charge in [-0.15, -0.1) is 0 Å². The van der Waals surface area contributed by atoms with Gasteiger partial charge < -0.3 is 9.88 Å². The molecule has 3 heterocycles. The van der Waals surface area contributed by atoms with Crippen molar-refractivity contribution in [1.82, 2.24) is 29.7 Å². The fraction of sp³-hybridized carbons (Fsp3) is 0.731. The first-order chi connectivity index (χ1) is 17.0. The molecule has 0 radical (unpaired) electrons. The lowest BCUT2D eigenvalue weighted by molar-refractivity contribution is 0.263. The zero-order valence-corrected chi connectivity index (χ0v) is 20.9. The van der Waals surface area contributed by atoms with E-state index in [9.17, 15) is 4.79 Å². The van der Waals surface area contributed by atoms with Gasteiger partial charge in [0, 0.05) is 18.5 Å². The first-order valence-corrected chi connectivity index (χ1v) is 13.7. The Hall–Kier alpha value is -2.71. The molecule has 9 heteroatoms. The van der Waals surface area contributed by atoms with Crippen molar-refractivity contribution in [1.29, 1.82) is 0 Å². The average Bonchev–Trinajstić information content (AvgIpc) is 3.54. The molecule has 3 saturated carbocycles. The number of aromatic amines is 1. The van der Waals surface area contributed by atoms with Gasteiger partial charge in [-0.3, -0.25) is 9.51 Å².